The van der Waals surface area contributed by atoms with E-state index in [0.717, 1.165) is 35.7 Å². The molecular formula is C30H32Cl2N4O3. The standard InChI is InChI=1S/C30H32Cl2N4O3/c1-29(2,3)25(34-26(37)24-12-17-6-4-5-7-23(17)33-24)27(38)35-15-20-14-19(35)16-36(20)28(39)30(10-11-30)21-9-8-18(31)13-22(21)32/h4-9,12-13,19-20,25,33H,10-11,14-16H2,1-3H3,(H,34,37)/t19-,20-,25?/m0/s1. The van der Waals surface area contributed by atoms with E-state index < -0.39 is 16.9 Å². The lowest BCUT2D eigenvalue weighted by Crippen LogP contribution is -2.59. The van der Waals surface area contributed by atoms with Gasteiger partial charge < -0.3 is 20.1 Å². The van der Waals surface area contributed by atoms with Gasteiger partial charge in [0.1, 0.15) is 11.7 Å². The molecular weight excluding hydrogens is 535 g/mol. The lowest BCUT2D eigenvalue weighted by atomic mass is 9.85. The highest BCUT2D eigenvalue weighted by Gasteiger charge is 2.58. The molecule has 6 rings (SSSR count). The number of H-pyrrole nitrogens is 1. The molecule has 3 aliphatic rings. The van der Waals surface area contributed by atoms with E-state index in [4.69, 9.17) is 23.2 Å². The molecule has 1 aromatic heterocycles. The van der Waals surface area contributed by atoms with Gasteiger partial charge in [0.2, 0.25) is 11.8 Å². The predicted octanol–water partition coefficient (Wildman–Crippen LogP) is 5.16. The number of piperazine rings is 1. The smallest absolute Gasteiger partial charge is 0.268 e. The molecule has 1 unspecified atom stereocenters. The van der Waals surface area contributed by atoms with Gasteiger partial charge in [0.25, 0.3) is 5.91 Å². The van der Waals surface area contributed by atoms with Gasteiger partial charge in [0.05, 0.1) is 17.5 Å². The van der Waals surface area contributed by atoms with Crippen molar-refractivity contribution in [3.8, 4) is 0 Å². The van der Waals surface area contributed by atoms with E-state index in [1.54, 1.807) is 18.2 Å². The van der Waals surface area contributed by atoms with Crippen LogP contribution in [0.4, 0.5) is 0 Å². The van der Waals surface area contributed by atoms with Gasteiger partial charge in [-0.3, -0.25) is 14.4 Å². The number of hydrogen-bond acceptors (Lipinski definition) is 3. The molecule has 0 radical (unpaired) electrons. The Balaban J connectivity index is 1.16. The molecule has 0 spiro atoms. The first-order valence-electron chi connectivity index (χ1n) is 13.4. The van der Waals surface area contributed by atoms with Crippen molar-refractivity contribution >= 4 is 51.8 Å². The quantitative estimate of drug-likeness (QED) is 0.447. The van der Waals surface area contributed by atoms with Gasteiger partial charge in [-0.2, -0.15) is 0 Å². The topological polar surface area (TPSA) is 85.5 Å². The molecule has 2 N–H and O–H groups in total. The van der Waals surface area contributed by atoms with Crippen LogP contribution in [-0.4, -0.2) is 63.7 Å². The molecule has 3 amide bonds. The summed E-state index contributed by atoms with van der Waals surface area (Å²) in [7, 11) is 0. The number of nitrogens with zero attached hydrogens (tertiary/aromatic N) is 2. The third-order valence-corrected chi connectivity index (χ3v) is 9.10. The van der Waals surface area contributed by atoms with E-state index in [2.05, 4.69) is 10.3 Å². The number of aromatic amines is 1. The normalized spacial score (nSPS) is 22.3. The Hall–Kier alpha value is -3.03. The van der Waals surface area contributed by atoms with Crippen LogP contribution in [0.5, 0.6) is 0 Å². The molecule has 3 atom stereocenters. The fourth-order valence-corrected chi connectivity index (χ4v) is 6.87. The maximum atomic E-state index is 13.9. The second kappa shape index (κ2) is 9.27. The zero-order chi connectivity index (χ0) is 27.7. The van der Waals surface area contributed by atoms with Gasteiger partial charge in [-0.05, 0) is 54.5 Å². The van der Waals surface area contributed by atoms with E-state index in [1.807, 2.05) is 60.9 Å². The van der Waals surface area contributed by atoms with Crippen molar-refractivity contribution in [1.29, 1.82) is 0 Å². The van der Waals surface area contributed by atoms with Gasteiger partial charge in [-0.25, -0.2) is 0 Å². The van der Waals surface area contributed by atoms with Gasteiger partial charge in [-0.1, -0.05) is 68.2 Å². The number of halogens is 2. The van der Waals surface area contributed by atoms with Crippen LogP contribution >= 0.6 is 23.2 Å². The Kier molecular flexibility index (Phi) is 6.23. The summed E-state index contributed by atoms with van der Waals surface area (Å²) in [6, 6.07) is 14.0. The average Bonchev–Trinajstić information content (AvgIpc) is 3.23. The lowest BCUT2D eigenvalue weighted by molar-refractivity contribution is -0.143. The first-order chi connectivity index (χ1) is 18.5. The SMILES string of the molecule is CC(C)(C)C(NC(=O)c1cc2ccccc2[nH]1)C(=O)N1C[C@@H]2C[C@H]1CN2C(=O)C1(c2ccc(Cl)cc2Cl)CC1. The van der Waals surface area contributed by atoms with E-state index in [-0.39, 0.29) is 29.8 Å². The van der Waals surface area contributed by atoms with Crippen LogP contribution in [0.3, 0.4) is 0 Å². The molecule has 2 bridgehead atoms. The van der Waals surface area contributed by atoms with Crippen molar-refractivity contribution in [2.45, 2.75) is 63.6 Å². The molecule has 2 saturated heterocycles. The summed E-state index contributed by atoms with van der Waals surface area (Å²) in [4.78, 5) is 47.8. The Morgan fingerprint density at radius 3 is 2.31 bits per heavy atom. The minimum Gasteiger partial charge on any atom is -0.351 e. The number of nitrogens with one attached hydrogen (secondary N) is 2. The number of carbonyl (C=O) groups is 3. The third kappa shape index (κ3) is 4.49. The van der Waals surface area contributed by atoms with E-state index >= 15 is 0 Å². The van der Waals surface area contributed by atoms with E-state index in [1.165, 1.54) is 0 Å². The van der Waals surface area contributed by atoms with Crippen LogP contribution in [0.15, 0.2) is 48.5 Å². The summed E-state index contributed by atoms with van der Waals surface area (Å²) in [5.74, 6) is -0.324. The molecule has 39 heavy (non-hydrogen) atoms. The monoisotopic (exact) mass is 566 g/mol. The number of aromatic nitrogens is 1. The number of likely N-dealkylation sites (tertiary alicyclic amines) is 2. The summed E-state index contributed by atoms with van der Waals surface area (Å²) in [5, 5.41) is 5.01. The molecule has 1 aliphatic carbocycles. The Morgan fingerprint density at radius 2 is 1.69 bits per heavy atom. The van der Waals surface area contributed by atoms with Crippen molar-refractivity contribution in [1.82, 2.24) is 20.1 Å². The van der Waals surface area contributed by atoms with Gasteiger partial charge in [-0.15, -0.1) is 0 Å². The molecule has 1 saturated carbocycles. The maximum Gasteiger partial charge on any atom is 0.268 e. The number of benzene rings is 2. The van der Waals surface area contributed by atoms with Crippen molar-refractivity contribution in [2.75, 3.05) is 13.1 Å². The van der Waals surface area contributed by atoms with Crippen LogP contribution in [-0.2, 0) is 15.0 Å². The fourth-order valence-electron chi connectivity index (χ4n) is 6.28. The number of fused-ring (bicyclic) bond motifs is 3. The highest BCUT2D eigenvalue weighted by molar-refractivity contribution is 6.35. The second-order valence-corrected chi connectivity index (χ2v) is 13.1. The summed E-state index contributed by atoms with van der Waals surface area (Å²) < 4.78 is 0. The first kappa shape index (κ1) is 26.2. The highest BCUT2D eigenvalue weighted by atomic mass is 35.5. The van der Waals surface area contributed by atoms with Gasteiger partial charge in [0, 0.05) is 34.0 Å². The van der Waals surface area contributed by atoms with Crippen LogP contribution in [0.25, 0.3) is 10.9 Å². The lowest BCUT2D eigenvalue weighted by Gasteiger charge is -2.40. The number of amides is 3. The van der Waals surface area contributed by atoms with E-state index in [0.29, 0.717) is 28.8 Å². The molecule has 9 heteroatoms. The minimum absolute atomic E-state index is 0.0416. The summed E-state index contributed by atoms with van der Waals surface area (Å²) in [6.45, 7) is 6.83. The Bertz CT molecular complexity index is 1460. The molecule has 3 heterocycles. The molecule has 7 nitrogen and oxygen atoms in total. The molecule has 2 aliphatic heterocycles. The van der Waals surface area contributed by atoms with Crippen LogP contribution in [0.2, 0.25) is 10.0 Å². The summed E-state index contributed by atoms with van der Waals surface area (Å²) in [6.07, 6.45) is 2.26. The maximum absolute atomic E-state index is 13.9. The number of para-hydroxylation sites is 1. The van der Waals surface area contributed by atoms with Crippen molar-refractivity contribution in [3.63, 3.8) is 0 Å². The summed E-state index contributed by atoms with van der Waals surface area (Å²) >= 11 is 12.6. The van der Waals surface area contributed by atoms with Gasteiger partial charge >= 0.3 is 0 Å². The Labute approximate surface area is 237 Å². The van der Waals surface area contributed by atoms with Crippen LogP contribution in [0.1, 0.15) is 56.1 Å². The Morgan fingerprint density at radius 1 is 1.00 bits per heavy atom. The van der Waals surface area contributed by atoms with Crippen LogP contribution in [0, 0.1) is 5.41 Å². The predicted molar refractivity (Wildman–Crippen MR) is 152 cm³/mol. The van der Waals surface area contributed by atoms with Crippen molar-refractivity contribution in [3.05, 3.63) is 69.8 Å². The molecule has 2 aromatic carbocycles. The van der Waals surface area contributed by atoms with Crippen molar-refractivity contribution in [2.24, 2.45) is 5.41 Å². The molecule has 3 aromatic rings. The minimum atomic E-state index is -0.706. The van der Waals surface area contributed by atoms with Crippen LogP contribution < -0.4 is 5.32 Å². The van der Waals surface area contributed by atoms with E-state index in [9.17, 15) is 14.4 Å². The zero-order valence-electron chi connectivity index (χ0n) is 22.3. The van der Waals surface area contributed by atoms with Gasteiger partial charge in [0.15, 0.2) is 0 Å². The largest absolute Gasteiger partial charge is 0.351 e. The highest BCUT2D eigenvalue weighted by Crippen LogP contribution is 2.53. The molecule has 204 valence electrons. The van der Waals surface area contributed by atoms with Crippen molar-refractivity contribution < 1.29 is 14.4 Å². The summed E-state index contributed by atoms with van der Waals surface area (Å²) in [5.41, 5.74) is 1.04. The first-order valence-corrected chi connectivity index (χ1v) is 14.2. The number of carbonyl (C=O) groups excluding carboxylic acids is 3. The second-order valence-electron chi connectivity index (χ2n) is 12.2. The fraction of sp³-hybridized carbons (Fsp3) is 0.433. The third-order valence-electron chi connectivity index (χ3n) is 8.55. The number of rotatable bonds is 5. The zero-order valence-corrected chi connectivity index (χ0v) is 23.8. The average molecular weight is 568 g/mol. The number of hydrogen-bond donors (Lipinski definition) is 2. The molecule has 3 fully saturated rings.